The number of benzene rings is 1. The van der Waals surface area contributed by atoms with E-state index in [2.05, 4.69) is 21.2 Å². The number of non-ortho nitro benzene ring substituents is 1. The zero-order valence-corrected chi connectivity index (χ0v) is 12.3. The van der Waals surface area contributed by atoms with Gasteiger partial charge in [0.25, 0.3) is 5.69 Å². The first-order valence-electron chi connectivity index (χ1n) is 5.42. The summed E-state index contributed by atoms with van der Waals surface area (Å²) >= 11 is 4.97. The fraction of sp³-hybridized carbons (Fsp3) is 0.167. The molecular formula is C12H10BrFN2O2S. The highest BCUT2D eigenvalue weighted by Crippen LogP contribution is 2.32. The quantitative estimate of drug-likeness (QED) is 0.644. The number of rotatable bonds is 4. The van der Waals surface area contributed by atoms with Gasteiger partial charge in [0.1, 0.15) is 0 Å². The summed E-state index contributed by atoms with van der Waals surface area (Å²) in [5.74, 6) is -0.631. The maximum Gasteiger partial charge on any atom is 0.272 e. The molecule has 1 atom stereocenters. The van der Waals surface area contributed by atoms with Gasteiger partial charge < -0.3 is 5.32 Å². The fourth-order valence-corrected chi connectivity index (χ4v) is 3.37. The molecule has 0 bridgehead atoms. The molecule has 19 heavy (non-hydrogen) atoms. The van der Waals surface area contributed by atoms with E-state index in [1.165, 1.54) is 12.1 Å². The Bertz CT molecular complexity index is 618. The fourth-order valence-electron chi connectivity index (χ4n) is 1.65. The average Bonchev–Trinajstić information content (AvgIpc) is 2.77. The summed E-state index contributed by atoms with van der Waals surface area (Å²) in [7, 11) is 0. The van der Waals surface area contributed by atoms with Crippen LogP contribution in [0.2, 0.25) is 0 Å². The molecule has 7 heteroatoms. The van der Waals surface area contributed by atoms with E-state index in [4.69, 9.17) is 0 Å². The molecule has 1 unspecified atom stereocenters. The number of anilines is 1. The van der Waals surface area contributed by atoms with E-state index in [0.29, 0.717) is 0 Å². The second-order valence-corrected chi connectivity index (χ2v) is 5.72. The van der Waals surface area contributed by atoms with Crippen molar-refractivity contribution in [2.24, 2.45) is 0 Å². The van der Waals surface area contributed by atoms with E-state index in [-0.39, 0.29) is 17.4 Å². The van der Waals surface area contributed by atoms with Crippen molar-refractivity contribution in [3.05, 3.63) is 54.9 Å². The molecule has 2 rings (SSSR count). The Balaban J connectivity index is 2.20. The highest BCUT2D eigenvalue weighted by Gasteiger charge is 2.15. The zero-order chi connectivity index (χ0) is 14.0. The first kappa shape index (κ1) is 14.0. The molecule has 0 saturated carbocycles. The number of halogens is 2. The van der Waals surface area contributed by atoms with E-state index < -0.39 is 10.7 Å². The molecule has 0 radical (unpaired) electrons. The van der Waals surface area contributed by atoms with Gasteiger partial charge in [-0.2, -0.15) is 0 Å². The Hall–Kier alpha value is -1.47. The minimum absolute atomic E-state index is 0.0923. The molecule has 4 nitrogen and oxygen atoms in total. The zero-order valence-electron chi connectivity index (χ0n) is 9.89. The van der Waals surface area contributed by atoms with Gasteiger partial charge in [-0.05, 0) is 40.4 Å². The highest BCUT2D eigenvalue weighted by molar-refractivity contribution is 9.10. The van der Waals surface area contributed by atoms with Gasteiger partial charge in [0.05, 0.1) is 22.7 Å². The molecule has 0 aliphatic carbocycles. The molecule has 0 aliphatic heterocycles. The van der Waals surface area contributed by atoms with E-state index >= 15 is 0 Å². The molecule has 0 aliphatic rings. The number of nitrogens with zero attached hydrogens (tertiary/aromatic N) is 1. The summed E-state index contributed by atoms with van der Waals surface area (Å²) in [4.78, 5) is 11.0. The van der Waals surface area contributed by atoms with Gasteiger partial charge in [-0.3, -0.25) is 10.1 Å². The lowest BCUT2D eigenvalue weighted by Crippen LogP contribution is -2.07. The van der Waals surface area contributed by atoms with Crippen molar-refractivity contribution in [2.75, 3.05) is 5.32 Å². The van der Waals surface area contributed by atoms with Crippen LogP contribution in [0.4, 0.5) is 15.8 Å². The monoisotopic (exact) mass is 344 g/mol. The minimum Gasteiger partial charge on any atom is -0.375 e. The van der Waals surface area contributed by atoms with Gasteiger partial charge in [0.2, 0.25) is 0 Å². The topological polar surface area (TPSA) is 55.2 Å². The first-order chi connectivity index (χ1) is 8.99. The summed E-state index contributed by atoms with van der Waals surface area (Å²) < 4.78 is 14.7. The SMILES string of the molecule is CC(Nc1ccc([N+](=O)[O-])cc1F)c1sccc1Br. The molecule has 1 N–H and O–H groups in total. The van der Waals surface area contributed by atoms with Crippen LogP contribution >= 0.6 is 27.3 Å². The minimum atomic E-state index is -0.631. The summed E-state index contributed by atoms with van der Waals surface area (Å²) in [6.45, 7) is 1.90. The van der Waals surface area contributed by atoms with E-state index in [1.807, 2.05) is 18.4 Å². The van der Waals surface area contributed by atoms with Crippen molar-refractivity contribution < 1.29 is 9.31 Å². The lowest BCUT2D eigenvalue weighted by atomic mass is 10.2. The molecule has 1 aromatic carbocycles. The second kappa shape index (κ2) is 5.66. The predicted molar refractivity (Wildman–Crippen MR) is 77.1 cm³/mol. The van der Waals surface area contributed by atoms with Crippen LogP contribution in [0, 0.1) is 15.9 Å². The van der Waals surface area contributed by atoms with Crippen molar-refractivity contribution in [3.8, 4) is 0 Å². The van der Waals surface area contributed by atoms with Crippen LogP contribution in [0.5, 0.6) is 0 Å². The van der Waals surface area contributed by atoms with E-state index in [9.17, 15) is 14.5 Å². The van der Waals surface area contributed by atoms with Gasteiger partial charge in [-0.15, -0.1) is 11.3 Å². The molecule has 2 aromatic rings. The summed E-state index contributed by atoms with van der Waals surface area (Å²) in [6, 6.07) is 5.40. The highest BCUT2D eigenvalue weighted by atomic mass is 79.9. The van der Waals surface area contributed by atoms with Crippen molar-refractivity contribution in [3.63, 3.8) is 0 Å². The van der Waals surface area contributed by atoms with Crippen LogP contribution < -0.4 is 5.32 Å². The summed E-state index contributed by atoms with van der Waals surface area (Å²) in [6.07, 6.45) is 0. The van der Waals surface area contributed by atoms with E-state index in [1.54, 1.807) is 11.3 Å². The van der Waals surface area contributed by atoms with Crippen molar-refractivity contribution in [2.45, 2.75) is 13.0 Å². The summed E-state index contributed by atoms with van der Waals surface area (Å²) in [5, 5.41) is 15.5. The van der Waals surface area contributed by atoms with Crippen molar-refractivity contribution >= 4 is 38.6 Å². The average molecular weight is 345 g/mol. The lowest BCUT2D eigenvalue weighted by Gasteiger charge is -2.15. The Morgan fingerprint density at radius 2 is 2.21 bits per heavy atom. The Labute approximate surface area is 121 Å². The third-order valence-electron chi connectivity index (χ3n) is 2.57. The lowest BCUT2D eigenvalue weighted by molar-refractivity contribution is -0.385. The van der Waals surface area contributed by atoms with Gasteiger partial charge in [-0.25, -0.2) is 4.39 Å². The number of nitrogens with one attached hydrogen (secondary N) is 1. The Morgan fingerprint density at radius 1 is 1.47 bits per heavy atom. The largest absolute Gasteiger partial charge is 0.375 e. The van der Waals surface area contributed by atoms with Crippen LogP contribution in [0.25, 0.3) is 0 Å². The van der Waals surface area contributed by atoms with Crippen LogP contribution in [0.15, 0.2) is 34.1 Å². The molecule has 0 fully saturated rings. The maximum atomic E-state index is 13.7. The molecular weight excluding hydrogens is 335 g/mol. The molecule has 0 saturated heterocycles. The van der Waals surface area contributed by atoms with Crippen LogP contribution in [-0.4, -0.2) is 4.92 Å². The predicted octanol–water partition coefficient (Wildman–Crippen LogP) is 4.73. The number of nitro groups is 1. The Kier molecular flexibility index (Phi) is 4.16. The number of nitro benzene ring substituents is 1. The van der Waals surface area contributed by atoms with Gasteiger partial charge in [0, 0.05) is 15.4 Å². The Morgan fingerprint density at radius 3 is 2.74 bits per heavy atom. The van der Waals surface area contributed by atoms with Gasteiger partial charge in [0.15, 0.2) is 5.82 Å². The maximum absolute atomic E-state index is 13.7. The smallest absolute Gasteiger partial charge is 0.272 e. The number of hydrogen-bond donors (Lipinski definition) is 1. The third-order valence-corrected chi connectivity index (χ3v) is 4.63. The standard InChI is InChI=1S/C12H10BrFN2O2S/c1-7(12-9(13)4-5-19-12)15-11-3-2-8(16(17)18)6-10(11)14/h2-7,15H,1H3. The molecule has 0 amide bonds. The third kappa shape index (κ3) is 3.10. The summed E-state index contributed by atoms with van der Waals surface area (Å²) in [5.41, 5.74) is -0.00796. The van der Waals surface area contributed by atoms with Gasteiger partial charge in [-0.1, -0.05) is 0 Å². The van der Waals surface area contributed by atoms with Crippen LogP contribution in [-0.2, 0) is 0 Å². The normalized spacial score (nSPS) is 12.2. The second-order valence-electron chi connectivity index (χ2n) is 3.92. The van der Waals surface area contributed by atoms with Crippen LogP contribution in [0.1, 0.15) is 17.8 Å². The van der Waals surface area contributed by atoms with E-state index in [0.717, 1.165) is 15.4 Å². The number of hydrogen-bond acceptors (Lipinski definition) is 4. The van der Waals surface area contributed by atoms with Gasteiger partial charge >= 0.3 is 0 Å². The van der Waals surface area contributed by atoms with Crippen molar-refractivity contribution in [1.82, 2.24) is 0 Å². The molecule has 100 valence electrons. The molecule has 1 heterocycles. The molecule has 0 spiro atoms. The first-order valence-corrected chi connectivity index (χ1v) is 7.09. The number of thiophene rings is 1. The van der Waals surface area contributed by atoms with Crippen LogP contribution in [0.3, 0.4) is 0 Å². The van der Waals surface area contributed by atoms with Crippen molar-refractivity contribution in [1.29, 1.82) is 0 Å². The molecule has 1 aromatic heterocycles.